The second-order valence-corrected chi connectivity index (χ2v) is 14.2. The van der Waals surface area contributed by atoms with Crippen molar-refractivity contribution < 1.29 is 36.6 Å². The van der Waals surface area contributed by atoms with Crippen LogP contribution in [-0.4, -0.2) is 80.0 Å². The molecule has 3 heterocycles. The van der Waals surface area contributed by atoms with Crippen LogP contribution in [0.2, 0.25) is 5.02 Å². The van der Waals surface area contributed by atoms with Crippen LogP contribution in [0.5, 0.6) is 0 Å². The number of amides is 2. The summed E-state index contributed by atoms with van der Waals surface area (Å²) in [5, 5.41) is 18.5. The first-order valence-corrected chi connectivity index (χ1v) is 16.8. The third-order valence-electron chi connectivity index (χ3n) is 8.86. The van der Waals surface area contributed by atoms with Crippen molar-refractivity contribution in [2.24, 2.45) is 5.92 Å². The Morgan fingerprint density at radius 1 is 1.14 bits per heavy atom. The lowest BCUT2D eigenvalue weighted by Gasteiger charge is -2.37. The number of nitrogens with one attached hydrogen (secondary N) is 3. The zero-order valence-corrected chi connectivity index (χ0v) is 25.7. The number of nitrogens with zero attached hydrogens (tertiary/aromatic N) is 1. The molecule has 2 bridgehead atoms. The summed E-state index contributed by atoms with van der Waals surface area (Å²) in [5.41, 5.74) is 0.562. The number of anilines is 1. The van der Waals surface area contributed by atoms with Crippen molar-refractivity contribution in [2.45, 2.75) is 62.6 Å². The lowest BCUT2D eigenvalue weighted by molar-refractivity contribution is -0.119. The van der Waals surface area contributed by atoms with Gasteiger partial charge in [-0.25, -0.2) is 22.0 Å². The molecule has 14 heteroatoms. The number of carbonyl (C=O) groups excluding carboxylic acids is 1. The van der Waals surface area contributed by atoms with Gasteiger partial charge in [0.2, 0.25) is 15.9 Å². The van der Waals surface area contributed by atoms with Gasteiger partial charge in [0.25, 0.3) is 0 Å². The highest BCUT2D eigenvalue weighted by atomic mass is 35.5. The molecule has 5 rings (SSSR count). The monoisotopic (exact) mass is 654 g/mol. The molecule has 0 saturated carbocycles. The van der Waals surface area contributed by atoms with Gasteiger partial charge in [0.15, 0.2) is 0 Å². The summed E-state index contributed by atoms with van der Waals surface area (Å²) in [4.78, 5) is 25.8. The minimum Gasteiger partial charge on any atom is -0.465 e. The van der Waals surface area contributed by atoms with Crippen LogP contribution in [0.3, 0.4) is 0 Å². The Hall–Kier alpha value is -2.84. The number of carboxylic acid groups (broad SMARTS) is 1. The summed E-state index contributed by atoms with van der Waals surface area (Å²) in [5.74, 6) is -3.28. The highest BCUT2D eigenvalue weighted by molar-refractivity contribution is 7.89. The van der Waals surface area contributed by atoms with E-state index in [1.54, 1.807) is 24.3 Å². The fourth-order valence-electron chi connectivity index (χ4n) is 6.68. The second kappa shape index (κ2) is 14.1. The maximum atomic E-state index is 15.3. The number of halogens is 3. The molecular weight excluding hydrogens is 618 g/mol. The molecule has 44 heavy (non-hydrogen) atoms. The molecular formula is C30H37ClF2N4O6S. The smallest absolute Gasteiger partial charge is 0.405 e. The van der Waals surface area contributed by atoms with Gasteiger partial charge in [-0.15, -0.1) is 0 Å². The van der Waals surface area contributed by atoms with Crippen molar-refractivity contribution in [3.8, 4) is 0 Å². The highest BCUT2D eigenvalue weighted by Gasteiger charge is 2.39. The standard InChI is InChI=1S/C30H37ClF2N4O6S/c31-20-5-3-18(4-6-20)27(19-9-11-43-12-10-19)28(36-30(39)40)29(38)35-26-15-21(32)14-25(33)24(26)8-7-23-16-34-22-2-1-13-44(41,42)37(23)17-22/h3-6,14-15,19,22-23,27-28,34,36H,1-2,7-13,16-17H2,(H,35,38)(H,39,40)/t22-,23+,27?,28?/m1/s1. The largest absolute Gasteiger partial charge is 0.465 e. The Morgan fingerprint density at radius 2 is 1.86 bits per heavy atom. The van der Waals surface area contributed by atoms with Crippen LogP contribution in [0.15, 0.2) is 36.4 Å². The molecule has 0 spiro atoms. The van der Waals surface area contributed by atoms with Gasteiger partial charge in [-0.05, 0) is 68.2 Å². The molecule has 2 amide bonds. The molecule has 3 aliphatic heterocycles. The van der Waals surface area contributed by atoms with E-state index in [9.17, 15) is 27.5 Å². The zero-order valence-electron chi connectivity index (χ0n) is 24.1. The number of carbonyl (C=O) groups is 2. The molecule has 0 aromatic heterocycles. The zero-order chi connectivity index (χ0) is 31.4. The van der Waals surface area contributed by atoms with E-state index < -0.39 is 51.7 Å². The highest BCUT2D eigenvalue weighted by Crippen LogP contribution is 2.36. The number of sulfonamides is 1. The topological polar surface area (TPSA) is 137 Å². The molecule has 3 aliphatic rings. The summed E-state index contributed by atoms with van der Waals surface area (Å²) < 4.78 is 62.6. The Labute approximate surface area is 260 Å². The van der Waals surface area contributed by atoms with Crippen molar-refractivity contribution in [3.63, 3.8) is 0 Å². The summed E-state index contributed by atoms with van der Waals surface area (Å²) in [7, 11) is -3.47. The molecule has 3 unspecified atom stereocenters. The van der Waals surface area contributed by atoms with Crippen LogP contribution in [0.4, 0.5) is 19.3 Å². The maximum absolute atomic E-state index is 15.3. The predicted molar refractivity (Wildman–Crippen MR) is 161 cm³/mol. The number of hydrogen-bond donors (Lipinski definition) is 4. The fourth-order valence-corrected chi connectivity index (χ4v) is 8.62. The van der Waals surface area contributed by atoms with E-state index in [4.69, 9.17) is 16.3 Å². The number of ether oxygens (including phenoxy) is 1. The third kappa shape index (κ3) is 7.68. The van der Waals surface area contributed by atoms with Gasteiger partial charge in [0, 0.05) is 66.6 Å². The van der Waals surface area contributed by atoms with Gasteiger partial charge in [0.1, 0.15) is 17.7 Å². The molecule has 0 aliphatic carbocycles. The molecule has 2 aromatic carbocycles. The van der Waals surface area contributed by atoms with Gasteiger partial charge in [-0.3, -0.25) is 4.79 Å². The fraction of sp³-hybridized carbons (Fsp3) is 0.533. The Balaban J connectivity index is 1.42. The normalized spacial score (nSPS) is 24.9. The Kier molecular flexibility index (Phi) is 10.4. The molecule has 2 aromatic rings. The average molecular weight is 655 g/mol. The first-order valence-electron chi connectivity index (χ1n) is 14.9. The van der Waals surface area contributed by atoms with Crippen LogP contribution in [0, 0.1) is 17.6 Å². The van der Waals surface area contributed by atoms with E-state index >= 15 is 4.39 Å². The van der Waals surface area contributed by atoms with Gasteiger partial charge in [0.05, 0.1) is 5.75 Å². The lowest BCUT2D eigenvalue weighted by Crippen LogP contribution is -2.57. The van der Waals surface area contributed by atoms with Gasteiger partial charge < -0.3 is 25.8 Å². The number of piperazine rings is 1. The van der Waals surface area contributed by atoms with E-state index in [1.807, 2.05) is 0 Å². The Bertz CT molecular complexity index is 1460. The van der Waals surface area contributed by atoms with Crippen LogP contribution >= 0.6 is 11.6 Å². The molecule has 3 fully saturated rings. The molecule has 240 valence electrons. The minimum absolute atomic E-state index is 0.0114. The van der Waals surface area contributed by atoms with E-state index in [-0.39, 0.29) is 41.8 Å². The van der Waals surface area contributed by atoms with E-state index in [0.717, 1.165) is 12.5 Å². The number of fused-ring (bicyclic) bond motifs is 2. The lowest BCUT2D eigenvalue weighted by atomic mass is 9.76. The number of benzene rings is 2. The third-order valence-corrected chi connectivity index (χ3v) is 11.1. The molecule has 5 atom stereocenters. The minimum atomic E-state index is -3.47. The predicted octanol–water partition coefficient (Wildman–Crippen LogP) is 4.10. The van der Waals surface area contributed by atoms with E-state index in [0.29, 0.717) is 62.2 Å². The second-order valence-electron chi connectivity index (χ2n) is 11.7. The summed E-state index contributed by atoms with van der Waals surface area (Å²) >= 11 is 6.10. The Morgan fingerprint density at radius 3 is 2.57 bits per heavy atom. The van der Waals surface area contributed by atoms with Gasteiger partial charge in [-0.1, -0.05) is 23.7 Å². The first kappa shape index (κ1) is 32.6. The van der Waals surface area contributed by atoms with Crippen molar-refractivity contribution in [2.75, 3.05) is 37.4 Å². The maximum Gasteiger partial charge on any atom is 0.405 e. The van der Waals surface area contributed by atoms with Crippen molar-refractivity contribution >= 4 is 39.3 Å². The average Bonchev–Trinajstić information content (AvgIpc) is 3.09. The first-order chi connectivity index (χ1) is 21.0. The molecule has 3 saturated heterocycles. The van der Waals surface area contributed by atoms with Gasteiger partial charge >= 0.3 is 6.09 Å². The SMILES string of the molecule is O=C(O)NC(C(=O)Nc1cc(F)cc(F)c1CC[C@H]1CN[C@@H]2CCCS(=O)(=O)N1C2)C(c1ccc(Cl)cc1)C1CCOCC1. The summed E-state index contributed by atoms with van der Waals surface area (Å²) in [6.45, 7) is 1.62. The van der Waals surface area contributed by atoms with Crippen LogP contribution < -0.4 is 16.0 Å². The quantitative estimate of drug-likeness (QED) is 0.320. The van der Waals surface area contributed by atoms with E-state index in [2.05, 4.69) is 16.0 Å². The molecule has 0 radical (unpaired) electrons. The van der Waals surface area contributed by atoms with E-state index in [1.165, 1.54) is 4.31 Å². The van der Waals surface area contributed by atoms with Crippen LogP contribution in [-0.2, 0) is 26.0 Å². The van der Waals surface area contributed by atoms with Crippen LogP contribution in [0.1, 0.15) is 49.1 Å². The van der Waals surface area contributed by atoms with Crippen molar-refractivity contribution in [1.29, 1.82) is 0 Å². The number of rotatable bonds is 9. The van der Waals surface area contributed by atoms with Crippen LogP contribution in [0.25, 0.3) is 0 Å². The molecule has 4 N–H and O–H groups in total. The molecule has 10 nitrogen and oxygen atoms in total. The summed E-state index contributed by atoms with van der Waals surface area (Å²) in [6.07, 6.45) is 1.29. The van der Waals surface area contributed by atoms with Crippen molar-refractivity contribution in [3.05, 3.63) is 64.2 Å². The van der Waals surface area contributed by atoms with Crippen molar-refractivity contribution in [1.82, 2.24) is 14.9 Å². The number of hydrogen-bond acceptors (Lipinski definition) is 6. The summed E-state index contributed by atoms with van der Waals surface area (Å²) in [6, 6.07) is 6.82. The van der Waals surface area contributed by atoms with Gasteiger partial charge in [-0.2, -0.15) is 4.31 Å².